The molecule has 6 nitrogen and oxygen atoms in total. The topological polar surface area (TPSA) is 93.4 Å². The van der Waals surface area contributed by atoms with Crippen LogP contribution in [0.2, 0.25) is 0 Å². The van der Waals surface area contributed by atoms with E-state index in [1.54, 1.807) is 17.3 Å². The van der Waals surface area contributed by atoms with Gasteiger partial charge in [-0.05, 0) is 25.0 Å². The number of nitrogens with two attached hydrogens (primary N) is 1. The molecule has 0 spiro atoms. The second kappa shape index (κ2) is 4.90. The van der Waals surface area contributed by atoms with Crippen molar-refractivity contribution >= 4 is 21.6 Å². The van der Waals surface area contributed by atoms with Gasteiger partial charge in [0.25, 0.3) is 0 Å². The summed E-state index contributed by atoms with van der Waals surface area (Å²) in [4.78, 5) is 17.8. The fourth-order valence-electron chi connectivity index (χ4n) is 2.56. The molecule has 1 aromatic heterocycles. The molecule has 1 unspecified atom stereocenters. The van der Waals surface area contributed by atoms with Crippen LogP contribution in [0.3, 0.4) is 0 Å². The van der Waals surface area contributed by atoms with Crippen LogP contribution in [0.4, 0.5) is 5.69 Å². The van der Waals surface area contributed by atoms with Crippen molar-refractivity contribution in [2.75, 3.05) is 17.2 Å². The van der Waals surface area contributed by atoms with E-state index in [4.69, 9.17) is 5.14 Å². The Hall–Kier alpha value is -1.47. The van der Waals surface area contributed by atoms with Crippen molar-refractivity contribution in [3.8, 4) is 0 Å². The summed E-state index contributed by atoms with van der Waals surface area (Å²) in [6.07, 6.45) is 3.61. The number of aryl methyl sites for hydroxylation is 2. The highest BCUT2D eigenvalue weighted by atomic mass is 32.2. The third kappa shape index (κ3) is 3.10. The standard InChI is InChI=1S/C12H17N3O3S/c1-8-4-14-5-9(2)12(8)15-6-10(3-11(15)16)7-19(13,17)18/h4-5,10H,3,6-7H2,1-2H3,(H2,13,17,18). The minimum atomic E-state index is -3.55. The summed E-state index contributed by atoms with van der Waals surface area (Å²) in [5.41, 5.74) is 2.64. The van der Waals surface area contributed by atoms with Gasteiger partial charge in [0.15, 0.2) is 0 Å². The molecule has 1 aromatic rings. The molecule has 0 saturated carbocycles. The normalized spacial score (nSPS) is 20.1. The number of sulfonamides is 1. The highest BCUT2D eigenvalue weighted by molar-refractivity contribution is 7.89. The Balaban J connectivity index is 2.26. The highest BCUT2D eigenvalue weighted by Crippen LogP contribution is 2.30. The number of carbonyl (C=O) groups excluding carboxylic acids is 1. The van der Waals surface area contributed by atoms with Gasteiger partial charge in [0.05, 0.1) is 11.4 Å². The van der Waals surface area contributed by atoms with Gasteiger partial charge in [-0.3, -0.25) is 9.78 Å². The number of hydrogen-bond acceptors (Lipinski definition) is 4. The number of pyridine rings is 1. The summed E-state index contributed by atoms with van der Waals surface area (Å²) in [5, 5.41) is 5.04. The Labute approximate surface area is 112 Å². The quantitative estimate of drug-likeness (QED) is 0.865. The van der Waals surface area contributed by atoms with Crippen LogP contribution in [-0.4, -0.2) is 31.6 Å². The Kier molecular flexibility index (Phi) is 3.60. The summed E-state index contributed by atoms with van der Waals surface area (Å²) in [5.74, 6) is -0.459. The molecule has 7 heteroatoms. The lowest BCUT2D eigenvalue weighted by Crippen LogP contribution is -2.28. The number of primary sulfonamides is 1. The predicted octanol–water partition coefficient (Wildman–Crippen LogP) is 0.340. The minimum Gasteiger partial charge on any atom is -0.311 e. The average Bonchev–Trinajstić information content (AvgIpc) is 2.56. The third-order valence-corrected chi connectivity index (χ3v) is 4.16. The van der Waals surface area contributed by atoms with Gasteiger partial charge in [0.1, 0.15) is 0 Å². The first-order valence-corrected chi connectivity index (χ1v) is 7.71. The van der Waals surface area contributed by atoms with Crippen molar-refractivity contribution in [3.63, 3.8) is 0 Å². The molecule has 1 aliphatic rings. The molecule has 19 heavy (non-hydrogen) atoms. The number of rotatable bonds is 3. The zero-order valence-corrected chi connectivity index (χ0v) is 11.8. The lowest BCUT2D eigenvalue weighted by molar-refractivity contribution is -0.117. The maximum absolute atomic E-state index is 12.0. The minimum absolute atomic E-state index is 0.0638. The van der Waals surface area contributed by atoms with Gasteiger partial charge in [0.2, 0.25) is 15.9 Å². The van der Waals surface area contributed by atoms with Gasteiger partial charge < -0.3 is 4.90 Å². The van der Waals surface area contributed by atoms with Crippen molar-refractivity contribution in [1.82, 2.24) is 4.98 Å². The van der Waals surface area contributed by atoms with Crippen molar-refractivity contribution in [3.05, 3.63) is 23.5 Å². The Morgan fingerprint density at radius 1 is 1.37 bits per heavy atom. The Morgan fingerprint density at radius 2 is 1.95 bits per heavy atom. The van der Waals surface area contributed by atoms with Crippen LogP contribution in [0.5, 0.6) is 0 Å². The van der Waals surface area contributed by atoms with Crippen LogP contribution in [0.25, 0.3) is 0 Å². The molecule has 0 radical (unpaired) electrons. The first-order chi connectivity index (χ1) is 8.78. The smallest absolute Gasteiger partial charge is 0.227 e. The van der Waals surface area contributed by atoms with Crippen LogP contribution in [0.1, 0.15) is 17.5 Å². The van der Waals surface area contributed by atoms with Crippen LogP contribution >= 0.6 is 0 Å². The number of aromatic nitrogens is 1. The van der Waals surface area contributed by atoms with Crippen LogP contribution in [-0.2, 0) is 14.8 Å². The first-order valence-electron chi connectivity index (χ1n) is 6.00. The van der Waals surface area contributed by atoms with E-state index < -0.39 is 10.0 Å². The molecule has 0 aliphatic carbocycles. The van der Waals surface area contributed by atoms with E-state index in [9.17, 15) is 13.2 Å². The second-order valence-corrected chi connectivity index (χ2v) is 6.68. The largest absolute Gasteiger partial charge is 0.311 e. The molecule has 1 atom stereocenters. The van der Waals surface area contributed by atoms with Gasteiger partial charge >= 0.3 is 0 Å². The van der Waals surface area contributed by atoms with Gasteiger partial charge in [-0.25, -0.2) is 13.6 Å². The lowest BCUT2D eigenvalue weighted by atomic mass is 10.1. The molecule has 1 saturated heterocycles. The lowest BCUT2D eigenvalue weighted by Gasteiger charge is -2.21. The molecule has 1 aliphatic heterocycles. The van der Waals surface area contributed by atoms with E-state index in [2.05, 4.69) is 4.98 Å². The van der Waals surface area contributed by atoms with Crippen molar-refractivity contribution in [2.45, 2.75) is 20.3 Å². The molecule has 0 aromatic carbocycles. The maximum atomic E-state index is 12.0. The monoisotopic (exact) mass is 283 g/mol. The number of hydrogen-bond donors (Lipinski definition) is 1. The van der Waals surface area contributed by atoms with E-state index in [1.165, 1.54) is 0 Å². The predicted molar refractivity (Wildman–Crippen MR) is 72.1 cm³/mol. The summed E-state index contributed by atoms with van der Waals surface area (Å²) >= 11 is 0. The number of carbonyl (C=O) groups is 1. The average molecular weight is 283 g/mol. The van der Waals surface area contributed by atoms with Crippen molar-refractivity contribution < 1.29 is 13.2 Å². The van der Waals surface area contributed by atoms with Gasteiger partial charge in [-0.15, -0.1) is 0 Å². The zero-order chi connectivity index (χ0) is 14.2. The molecule has 2 rings (SSSR count). The molecule has 1 amide bonds. The maximum Gasteiger partial charge on any atom is 0.227 e. The van der Waals surface area contributed by atoms with E-state index in [0.717, 1.165) is 16.8 Å². The fourth-order valence-corrected chi connectivity index (χ4v) is 3.44. The van der Waals surface area contributed by atoms with Gasteiger partial charge in [-0.2, -0.15) is 0 Å². The van der Waals surface area contributed by atoms with Gasteiger partial charge in [0, 0.05) is 31.3 Å². The fraction of sp³-hybridized carbons (Fsp3) is 0.500. The molecular formula is C12H17N3O3S. The number of amides is 1. The third-order valence-electron chi connectivity index (χ3n) is 3.23. The Bertz CT molecular complexity index is 592. The van der Waals surface area contributed by atoms with Crippen LogP contribution in [0.15, 0.2) is 12.4 Å². The SMILES string of the molecule is Cc1cncc(C)c1N1CC(CS(N)(=O)=O)CC1=O. The Morgan fingerprint density at radius 3 is 2.47 bits per heavy atom. The zero-order valence-electron chi connectivity index (χ0n) is 11.0. The number of anilines is 1. The van der Waals surface area contributed by atoms with Crippen LogP contribution < -0.4 is 10.0 Å². The molecule has 2 heterocycles. The summed E-state index contributed by atoms with van der Waals surface area (Å²) in [6, 6.07) is 0. The van der Waals surface area contributed by atoms with E-state index in [0.29, 0.717) is 6.54 Å². The first kappa shape index (κ1) is 14.0. The van der Waals surface area contributed by atoms with Crippen LogP contribution in [0, 0.1) is 19.8 Å². The molecule has 0 bridgehead atoms. The molecule has 1 fully saturated rings. The van der Waals surface area contributed by atoms with E-state index in [-0.39, 0.29) is 24.0 Å². The van der Waals surface area contributed by atoms with E-state index >= 15 is 0 Å². The van der Waals surface area contributed by atoms with E-state index in [1.807, 2.05) is 13.8 Å². The summed E-state index contributed by atoms with van der Waals surface area (Å²) < 4.78 is 22.2. The number of nitrogens with zero attached hydrogens (tertiary/aromatic N) is 2. The summed E-state index contributed by atoms with van der Waals surface area (Å²) in [7, 11) is -3.55. The van der Waals surface area contributed by atoms with Crippen molar-refractivity contribution in [1.29, 1.82) is 0 Å². The highest BCUT2D eigenvalue weighted by Gasteiger charge is 2.34. The van der Waals surface area contributed by atoms with Gasteiger partial charge in [-0.1, -0.05) is 0 Å². The van der Waals surface area contributed by atoms with Crippen molar-refractivity contribution in [2.24, 2.45) is 11.1 Å². The molecule has 104 valence electrons. The second-order valence-electron chi connectivity index (χ2n) is 5.03. The molecular weight excluding hydrogens is 266 g/mol. The summed E-state index contributed by atoms with van der Waals surface area (Å²) in [6.45, 7) is 4.16. The molecule has 2 N–H and O–H groups in total.